The fourth-order valence-electron chi connectivity index (χ4n) is 4.10. The van der Waals surface area contributed by atoms with E-state index in [4.69, 9.17) is 4.74 Å². The van der Waals surface area contributed by atoms with Crippen LogP contribution in [0.2, 0.25) is 0 Å². The van der Waals surface area contributed by atoms with Crippen molar-refractivity contribution in [3.8, 4) is 0 Å². The van der Waals surface area contributed by atoms with Crippen LogP contribution in [0, 0.1) is 10.1 Å². The molecule has 4 atom stereocenters. The van der Waals surface area contributed by atoms with Gasteiger partial charge in [-0.05, 0) is 36.6 Å². The topological polar surface area (TPSA) is 141 Å². The first-order valence-electron chi connectivity index (χ1n) is 10.9. The second kappa shape index (κ2) is 9.41. The van der Waals surface area contributed by atoms with Gasteiger partial charge < -0.3 is 14.9 Å². The van der Waals surface area contributed by atoms with E-state index in [1.165, 1.54) is 24.0 Å². The molecule has 0 amide bonds. The van der Waals surface area contributed by atoms with Crippen molar-refractivity contribution in [3.05, 3.63) is 87.5 Å². The minimum atomic E-state index is -1.40. The molecule has 1 saturated heterocycles. The Bertz CT molecular complexity index is 1180. The van der Waals surface area contributed by atoms with E-state index in [2.05, 4.69) is 10.1 Å². The largest absolute Gasteiger partial charge is 0.390 e. The number of benzene rings is 1. The molecule has 0 unspecified atom stereocenters. The summed E-state index contributed by atoms with van der Waals surface area (Å²) >= 11 is 0. The maximum atomic E-state index is 13.1. The summed E-state index contributed by atoms with van der Waals surface area (Å²) in [6, 6.07) is 11.0. The number of aromatic nitrogens is 3. The van der Waals surface area contributed by atoms with Crippen LogP contribution >= 0.6 is 0 Å². The van der Waals surface area contributed by atoms with Crippen LogP contribution in [0.25, 0.3) is 0 Å². The van der Waals surface area contributed by atoms with Gasteiger partial charge in [-0.1, -0.05) is 30.3 Å². The first kappa shape index (κ1) is 23.7. The Morgan fingerprint density at radius 1 is 1.32 bits per heavy atom. The SMILES string of the molecule is C[C@H]1O[C@@H](c2ccncc2CC(=O)c2nn(Cc3ccccc3)cc2[N+](=O)[O-])C[C@@H](O)[C@]1(C)O. The third-order valence-corrected chi connectivity index (χ3v) is 6.33. The maximum absolute atomic E-state index is 13.1. The number of aliphatic hydroxyl groups excluding tert-OH is 1. The molecule has 10 heteroatoms. The number of hydrogen-bond acceptors (Lipinski definition) is 8. The van der Waals surface area contributed by atoms with Crippen LogP contribution in [0.5, 0.6) is 0 Å². The molecule has 1 fully saturated rings. The number of hydrogen-bond donors (Lipinski definition) is 2. The van der Waals surface area contributed by atoms with Crippen molar-refractivity contribution in [1.29, 1.82) is 0 Å². The van der Waals surface area contributed by atoms with Crippen molar-refractivity contribution in [3.63, 3.8) is 0 Å². The van der Waals surface area contributed by atoms with E-state index in [9.17, 15) is 25.1 Å². The molecule has 2 aromatic heterocycles. The van der Waals surface area contributed by atoms with Gasteiger partial charge in [-0.15, -0.1) is 0 Å². The standard InChI is InChI=1S/C24H26N4O6/c1-15-24(2,31)22(30)11-21(34-15)18-8-9-25-12-17(18)10-20(29)23-19(28(32)33)14-27(26-23)13-16-6-4-3-5-7-16/h3-9,12,14-15,21-22,30-31H,10-11,13H2,1-2H3/t15-,21-,22-,24-/m1/s1. The normalized spacial score (nSPS) is 24.6. The Kier molecular flexibility index (Phi) is 6.56. The van der Waals surface area contributed by atoms with Crippen LogP contribution in [-0.4, -0.2) is 53.5 Å². The highest BCUT2D eigenvalue weighted by Crippen LogP contribution is 2.38. The van der Waals surface area contributed by atoms with Crippen LogP contribution in [0.4, 0.5) is 5.69 Å². The third-order valence-electron chi connectivity index (χ3n) is 6.33. The molecule has 1 aromatic carbocycles. The number of rotatable bonds is 7. The summed E-state index contributed by atoms with van der Waals surface area (Å²) in [4.78, 5) is 28.2. The fourth-order valence-corrected chi connectivity index (χ4v) is 4.10. The molecule has 10 nitrogen and oxygen atoms in total. The lowest BCUT2D eigenvalue weighted by molar-refractivity contribution is -0.385. The summed E-state index contributed by atoms with van der Waals surface area (Å²) in [7, 11) is 0. The van der Waals surface area contributed by atoms with Crippen molar-refractivity contribution < 1.29 is 24.7 Å². The Morgan fingerprint density at radius 3 is 2.74 bits per heavy atom. The molecule has 0 spiro atoms. The second-order valence-corrected chi connectivity index (χ2v) is 8.72. The van der Waals surface area contributed by atoms with Gasteiger partial charge in [0.15, 0.2) is 5.78 Å². The van der Waals surface area contributed by atoms with E-state index < -0.39 is 34.6 Å². The van der Waals surface area contributed by atoms with E-state index in [-0.39, 0.29) is 24.2 Å². The highest BCUT2D eigenvalue weighted by atomic mass is 16.6. The van der Waals surface area contributed by atoms with Gasteiger partial charge in [0.1, 0.15) is 11.8 Å². The Balaban J connectivity index is 1.59. The van der Waals surface area contributed by atoms with Crippen molar-refractivity contribution in [2.45, 2.75) is 57.1 Å². The molecule has 1 aliphatic rings. The minimum absolute atomic E-state index is 0.133. The molecule has 2 N–H and O–H groups in total. The highest BCUT2D eigenvalue weighted by molar-refractivity contribution is 5.99. The number of nitrogens with zero attached hydrogens (tertiary/aromatic N) is 4. The summed E-state index contributed by atoms with van der Waals surface area (Å²) in [5, 5.41) is 36.6. The molecule has 4 rings (SSSR count). The molecule has 0 saturated carbocycles. The zero-order valence-electron chi connectivity index (χ0n) is 18.9. The van der Waals surface area contributed by atoms with Gasteiger partial charge in [0.25, 0.3) is 0 Å². The zero-order chi connectivity index (χ0) is 24.5. The lowest BCUT2D eigenvalue weighted by atomic mass is 9.84. The van der Waals surface area contributed by atoms with Gasteiger partial charge in [-0.25, -0.2) is 0 Å². The van der Waals surface area contributed by atoms with E-state index in [0.29, 0.717) is 17.7 Å². The predicted molar refractivity (Wildman–Crippen MR) is 121 cm³/mol. The summed E-state index contributed by atoms with van der Waals surface area (Å²) in [6.07, 6.45) is 2.04. The van der Waals surface area contributed by atoms with Crippen LogP contribution in [0.1, 0.15) is 53.6 Å². The molecule has 3 aromatic rings. The summed E-state index contributed by atoms with van der Waals surface area (Å²) in [5.41, 5.74) is 0.0658. The first-order chi connectivity index (χ1) is 16.2. The second-order valence-electron chi connectivity index (χ2n) is 8.72. The molecule has 0 radical (unpaired) electrons. The molecule has 1 aliphatic heterocycles. The third kappa shape index (κ3) is 4.74. The monoisotopic (exact) mass is 466 g/mol. The predicted octanol–water partition coefficient (Wildman–Crippen LogP) is 2.62. The van der Waals surface area contributed by atoms with E-state index in [1.807, 2.05) is 30.3 Å². The van der Waals surface area contributed by atoms with Crippen LogP contribution in [0.3, 0.4) is 0 Å². The van der Waals surface area contributed by atoms with Crippen LogP contribution in [-0.2, 0) is 17.7 Å². The zero-order valence-corrected chi connectivity index (χ0v) is 18.9. The average Bonchev–Trinajstić information content (AvgIpc) is 3.23. The van der Waals surface area contributed by atoms with Crippen LogP contribution in [0.15, 0.2) is 55.0 Å². The Morgan fingerprint density at radius 2 is 2.06 bits per heavy atom. The van der Waals surface area contributed by atoms with Crippen LogP contribution < -0.4 is 0 Å². The first-order valence-corrected chi connectivity index (χ1v) is 10.9. The van der Waals surface area contributed by atoms with Gasteiger partial charge in [0, 0.05) is 25.2 Å². The number of aliphatic hydroxyl groups is 2. The molecular formula is C24H26N4O6. The van der Waals surface area contributed by atoms with Gasteiger partial charge in [-0.3, -0.25) is 24.6 Å². The molecule has 0 bridgehead atoms. The molecule has 178 valence electrons. The fraction of sp³-hybridized carbons (Fsp3) is 0.375. The van der Waals surface area contributed by atoms with Crippen molar-refractivity contribution in [1.82, 2.24) is 14.8 Å². The van der Waals surface area contributed by atoms with Gasteiger partial charge in [-0.2, -0.15) is 5.10 Å². The van der Waals surface area contributed by atoms with Crippen molar-refractivity contribution in [2.75, 3.05) is 0 Å². The molecule has 34 heavy (non-hydrogen) atoms. The van der Waals surface area contributed by atoms with E-state index in [1.54, 1.807) is 19.2 Å². The average molecular weight is 466 g/mol. The maximum Gasteiger partial charge on any atom is 0.318 e. The number of Topliss-reactive ketones (excluding diaryl/α,β-unsaturated/α-hetero) is 1. The number of ether oxygens (including phenoxy) is 1. The smallest absolute Gasteiger partial charge is 0.318 e. The number of pyridine rings is 1. The number of nitro groups is 1. The highest BCUT2D eigenvalue weighted by Gasteiger charge is 2.44. The Labute approximate surface area is 196 Å². The lowest BCUT2D eigenvalue weighted by Crippen LogP contribution is -2.54. The van der Waals surface area contributed by atoms with E-state index in [0.717, 1.165) is 5.56 Å². The summed E-state index contributed by atoms with van der Waals surface area (Å²) in [5.74, 6) is -0.524. The Hall–Kier alpha value is -3.47. The molecule has 0 aliphatic carbocycles. The van der Waals surface area contributed by atoms with Crippen molar-refractivity contribution in [2.24, 2.45) is 0 Å². The lowest BCUT2D eigenvalue weighted by Gasteiger charge is -2.43. The quantitative estimate of drug-likeness (QED) is 0.308. The minimum Gasteiger partial charge on any atom is -0.390 e. The summed E-state index contributed by atoms with van der Waals surface area (Å²) in [6.45, 7) is 3.48. The number of ketones is 1. The van der Waals surface area contributed by atoms with Crippen molar-refractivity contribution >= 4 is 11.5 Å². The number of carbonyl (C=O) groups excluding carboxylic acids is 1. The molecular weight excluding hydrogens is 440 g/mol. The van der Waals surface area contributed by atoms with Gasteiger partial charge in [0.2, 0.25) is 5.69 Å². The van der Waals surface area contributed by atoms with Gasteiger partial charge in [0.05, 0.1) is 29.8 Å². The summed E-state index contributed by atoms with van der Waals surface area (Å²) < 4.78 is 7.33. The number of carbonyl (C=O) groups is 1. The molecule has 3 heterocycles. The van der Waals surface area contributed by atoms with Gasteiger partial charge >= 0.3 is 5.69 Å². The van der Waals surface area contributed by atoms with E-state index >= 15 is 0 Å².